The SMILES string of the molecule is CNc1ncc(C)c(SC2COC2)n1. The Balaban J connectivity index is 2.13. The Bertz CT molecular complexity index is 328. The lowest BCUT2D eigenvalue weighted by Crippen LogP contribution is -2.30. The van der Waals surface area contributed by atoms with Gasteiger partial charge in [-0.1, -0.05) is 11.8 Å². The third kappa shape index (κ3) is 1.99. The molecule has 1 N–H and O–H groups in total. The molecule has 0 amide bonds. The molecule has 1 fully saturated rings. The predicted octanol–water partition coefficient (Wildman–Crippen LogP) is 1.32. The second-order valence-corrected chi connectivity index (χ2v) is 4.50. The third-order valence-corrected chi connectivity index (χ3v) is 3.28. The predicted molar refractivity (Wildman–Crippen MR) is 56.8 cm³/mol. The first kappa shape index (κ1) is 9.73. The zero-order chi connectivity index (χ0) is 9.97. The number of thioether (sulfide) groups is 1. The van der Waals surface area contributed by atoms with Gasteiger partial charge in [-0.3, -0.25) is 0 Å². The molecule has 2 heterocycles. The molecule has 5 heteroatoms. The van der Waals surface area contributed by atoms with Crippen LogP contribution in [0.4, 0.5) is 5.95 Å². The summed E-state index contributed by atoms with van der Waals surface area (Å²) in [6.45, 7) is 3.70. The van der Waals surface area contributed by atoms with Gasteiger partial charge >= 0.3 is 0 Å². The molecule has 76 valence electrons. The Hall–Kier alpha value is -0.810. The highest BCUT2D eigenvalue weighted by atomic mass is 32.2. The van der Waals surface area contributed by atoms with Gasteiger partial charge in [-0.2, -0.15) is 0 Å². The molecular weight excluding hydrogens is 198 g/mol. The van der Waals surface area contributed by atoms with E-state index >= 15 is 0 Å². The maximum absolute atomic E-state index is 5.12. The Morgan fingerprint density at radius 1 is 1.57 bits per heavy atom. The van der Waals surface area contributed by atoms with Gasteiger partial charge in [-0.05, 0) is 12.5 Å². The molecule has 0 saturated carbocycles. The van der Waals surface area contributed by atoms with Crippen LogP contribution in [0.25, 0.3) is 0 Å². The molecule has 0 bridgehead atoms. The van der Waals surface area contributed by atoms with E-state index in [1.807, 2.05) is 20.2 Å². The van der Waals surface area contributed by atoms with Gasteiger partial charge in [0.25, 0.3) is 0 Å². The van der Waals surface area contributed by atoms with Crippen molar-refractivity contribution in [3.8, 4) is 0 Å². The summed E-state index contributed by atoms with van der Waals surface area (Å²) in [5, 5.41) is 4.55. The standard InChI is InChI=1S/C9H13N3OS/c1-6-3-11-9(10-2)12-8(6)14-7-4-13-5-7/h3,7H,4-5H2,1-2H3,(H,10,11,12). The maximum atomic E-state index is 5.12. The van der Waals surface area contributed by atoms with Crippen molar-refractivity contribution in [3.63, 3.8) is 0 Å². The molecule has 0 aliphatic carbocycles. The van der Waals surface area contributed by atoms with E-state index < -0.39 is 0 Å². The fourth-order valence-electron chi connectivity index (χ4n) is 1.11. The van der Waals surface area contributed by atoms with Crippen LogP contribution in [0.1, 0.15) is 5.56 Å². The topological polar surface area (TPSA) is 47.0 Å². The first-order chi connectivity index (χ1) is 6.79. The largest absolute Gasteiger partial charge is 0.379 e. The normalized spacial score (nSPS) is 16.4. The Labute approximate surface area is 87.5 Å². The first-order valence-electron chi connectivity index (χ1n) is 4.55. The molecule has 0 atom stereocenters. The Morgan fingerprint density at radius 2 is 2.36 bits per heavy atom. The van der Waals surface area contributed by atoms with Gasteiger partial charge in [0.1, 0.15) is 5.03 Å². The van der Waals surface area contributed by atoms with Crippen LogP contribution in [-0.2, 0) is 4.74 Å². The number of aromatic nitrogens is 2. The number of rotatable bonds is 3. The molecule has 0 aromatic carbocycles. The van der Waals surface area contributed by atoms with E-state index in [9.17, 15) is 0 Å². The summed E-state index contributed by atoms with van der Waals surface area (Å²) in [6.07, 6.45) is 1.85. The van der Waals surface area contributed by atoms with Crippen molar-refractivity contribution >= 4 is 17.7 Å². The summed E-state index contributed by atoms with van der Waals surface area (Å²) in [7, 11) is 1.82. The summed E-state index contributed by atoms with van der Waals surface area (Å²) in [5.41, 5.74) is 1.13. The van der Waals surface area contributed by atoms with E-state index in [0.717, 1.165) is 23.8 Å². The van der Waals surface area contributed by atoms with Crippen LogP contribution in [0.15, 0.2) is 11.2 Å². The highest BCUT2D eigenvalue weighted by Gasteiger charge is 2.21. The minimum Gasteiger partial charge on any atom is -0.379 e. The lowest BCUT2D eigenvalue weighted by atomic mass is 10.4. The lowest BCUT2D eigenvalue weighted by molar-refractivity contribution is 0.0454. The van der Waals surface area contributed by atoms with Crippen LogP contribution in [-0.4, -0.2) is 35.5 Å². The molecule has 1 aliphatic rings. The number of aryl methyl sites for hydroxylation is 1. The summed E-state index contributed by atoms with van der Waals surface area (Å²) in [4.78, 5) is 8.54. The summed E-state index contributed by atoms with van der Waals surface area (Å²) in [6, 6.07) is 0. The van der Waals surface area contributed by atoms with E-state index in [1.165, 1.54) is 0 Å². The van der Waals surface area contributed by atoms with Gasteiger partial charge in [0, 0.05) is 13.2 Å². The van der Waals surface area contributed by atoms with Gasteiger partial charge in [0.15, 0.2) is 0 Å². The van der Waals surface area contributed by atoms with Crippen molar-refractivity contribution in [2.45, 2.75) is 17.2 Å². The Morgan fingerprint density at radius 3 is 2.93 bits per heavy atom. The lowest BCUT2D eigenvalue weighted by Gasteiger charge is -2.25. The number of nitrogens with one attached hydrogen (secondary N) is 1. The van der Waals surface area contributed by atoms with Crippen LogP contribution in [0.5, 0.6) is 0 Å². The summed E-state index contributed by atoms with van der Waals surface area (Å²) >= 11 is 1.77. The van der Waals surface area contributed by atoms with E-state index in [0.29, 0.717) is 11.2 Å². The van der Waals surface area contributed by atoms with Gasteiger partial charge in [-0.25, -0.2) is 9.97 Å². The zero-order valence-electron chi connectivity index (χ0n) is 8.28. The first-order valence-corrected chi connectivity index (χ1v) is 5.43. The average molecular weight is 211 g/mol. The van der Waals surface area contributed by atoms with E-state index in [1.54, 1.807) is 11.8 Å². The second-order valence-electron chi connectivity index (χ2n) is 3.21. The van der Waals surface area contributed by atoms with E-state index in [-0.39, 0.29) is 0 Å². The third-order valence-electron chi connectivity index (χ3n) is 2.03. The fourth-order valence-corrected chi connectivity index (χ4v) is 2.13. The highest BCUT2D eigenvalue weighted by molar-refractivity contribution is 8.00. The second kappa shape index (κ2) is 4.14. The van der Waals surface area contributed by atoms with Crippen LogP contribution in [0.3, 0.4) is 0 Å². The quantitative estimate of drug-likeness (QED) is 0.764. The molecule has 2 rings (SSSR count). The van der Waals surface area contributed by atoms with Crippen LogP contribution in [0, 0.1) is 6.92 Å². The number of hydrogen-bond donors (Lipinski definition) is 1. The molecule has 1 aliphatic heterocycles. The maximum Gasteiger partial charge on any atom is 0.223 e. The van der Waals surface area contributed by atoms with Gasteiger partial charge in [-0.15, -0.1) is 0 Å². The Kier molecular flexibility index (Phi) is 2.88. The number of hydrogen-bond acceptors (Lipinski definition) is 5. The summed E-state index contributed by atoms with van der Waals surface area (Å²) < 4.78 is 5.12. The van der Waals surface area contributed by atoms with Crippen molar-refractivity contribution in [3.05, 3.63) is 11.8 Å². The molecular formula is C9H13N3OS. The molecule has 14 heavy (non-hydrogen) atoms. The summed E-state index contributed by atoms with van der Waals surface area (Å²) in [5.74, 6) is 0.679. The smallest absolute Gasteiger partial charge is 0.223 e. The van der Waals surface area contributed by atoms with Crippen molar-refractivity contribution in [2.75, 3.05) is 25.6 Å². The van der Waals surface area contributed by atoms with E-state index in [4.69, 9.17) is 4.74 Å². The number of nitrogens with zero attached hydrogens (tertiary/aromatic N) is 2. The van der Waals surface area contributed by atoms with Crippen LogP contribution in [0.2, 0.25) is 0 Å². The van der Waals surface area contributed by atoms with Gasteiger partial charge in [0.05, 0.1) is 18.5 Å². The number of anilines is 1. The minimum atomic E-state index is 0.563. The van der Waals surface area contributed by atoms with Crippen LogP contribution < -0.4 is 5.32 Å². The van der Waals surface area contributed by atoms with Gasteiger partial charge < -0.3 is 10.1 Å². The fraction of sp³-hybridized carbons (Fsp3) is 0.556. The zero-order valence-corrected chi connectivity index (χ0v) is 9.10. The molecule has 0 radical (unpaired) electrons. The van der Waals surface area contributed by atoms with Crippen LogP contribution >= 0.6 is 11.8 Å². The van der Waals surface area contributed by atoms with Crippen molar-refractivity contribution < 1.29 is 4.74 Å². The van der Waals surface area contributed by atoms with Crippen molar-refractivity contribution in [1.29, 1.82) is 0 Å². The molecule has 0 spiro atoms. The molecule has 1 saturated heterocycles. The minimum absolute atomic E-state index is 0.563. The average Bonchev–Trinajstić information content (AvgIpc) is 2.14. The molecule has 0 unspecified atom stereocenters. The van der Waals surface area contributed by atoms with Crippen molar-refractivity contribution in [2.24, 2.45) is 0 Å². The van der Waals surface area contributed by atoms with Gasteiger partial charge in [0.2, 0.25) is 5.95 Å². The monoisotopic (exact) mass is 211 g/mol. The molecule has 4 nitrogen and oxygen atoms in total. The van der Waals surface area contributed by atoms with E-state index in [2.05, 4.69) is 15.3 Å². The van der Waals surface area contributed by atoms with Crippen molar-refractivity contribution in [1.82, 2.24) is 9.97 Å². The number of ether oxygens (including phenoxy) is 1. The molecule has 1 aromatic heterocycles. The highest BCUT2D eigenvalue weighted by Crippen LogP contribution is 2.28. The molecule has 1 aromatic rings.